The lowest BCUT2D eigenvalue weighted by atomic mass is 10.1. The van der Waals surface area contributed by atoms with Crippen molar-refractivity contribution in [1.82, 2.24) is 4.90 Å². The molecule has 20 heavy (non-hydrogen) atoms. The summed E-state index contributed by atoms with van der Waals surface area (Å²) >= 11 is 5.87. The predicted octanol–water partition coefficient (Wildman–Crippen LogP) is 1.30. The van der Waals surface area contributed by atoms with Crippen molar-refractivity contribution in [3.05, 3.63) is 29.3 Å². The van der Waals surface area contributed by atoms with Gasteiger partial charge in [-0.2, -0.15) is 0 Å². The van der Waals surface area contributed by atoms with Gasteiger partial charge in [-0.25, -0.2) is 4.79 Å². The number of carbonyl (C=O) groups is 1. The van der Waals surface area contributed by atoms with E-state index in [2.05, 4.69) is 4.90 Å². The Balaban J connectivity index is 1.89. The zero-order valence-corrected chi connectivity index (χ0v) is 12.2. The zero-order chi connectivity index (χ0) is 14.8. The molecule has 0 spiro atoms. The van der Waals surface area contributed by atoms with E-state index < -0.39 is 11.6 Å². The average molecular weight is 299 g/mol. The lowest BCUT2D eigenvalue weighted by Gasteiger charge is -2.38. The van der Waals surface area contributed by atoms with Crippen LogP contribution < -0.4 is 4.90 Å². The fraction of sp³-hybridized carbons (Fsp3) is 0.500. The number of hydrogen-bond donors (Lipinski definition) is 2. The predicted molar refractivity (Wildman–Crippen MR) is 78.4 cm³/mol. The Bertz CT molecular complexity index is 468. The fourth-order valence-electron chi connectivity index (χ4n) is 2.32. The SMILES string of the molecule is CC(O)(CN1CCN(c2ccc(Cl)cc2)CC1)C(=O)O. The Hall–Kier alpha value is -1.30. The van der Waals surface area contributed by atoms with Crippen LogP contribution in [0, 0.1) is 0 Å². The summed E-state index contributed by atoms with van der Waals surface area (Å²) in [5.74, 6) is -1.18. The van der Waals surface area contributed by atoms with E-state index in [-0.39, 0.29) is 6.54 Å². The molecule has 0 aliphatic carbocycles. The minimum Gasteiger partial charge on any atom is -0.479 e. The van der Waals surface area contributed by atoms with Gasteiger partial charge in [-0.15, -0.1) is 0 Å². The largest absolute Gasteiger partial charge is 0.479 e. The van der Waals surface area contributed by atoms with Crippen LogP contribution in [0.4, 0.5) is 5.69 Å². The highest BCUT2D eigenvalue weighted by molar-refractivity contribution is 6.30. The zero-order valence-electron chi connectivity index (χ0n) is 11.4. The minimum absolute atomic E-state index is 0.150. The third kappa shape index (κ3) is 3.62. The molecule has 1 atom stereocenters. The van der Waals surface area contributed by atoms with Crippen LogP contribution >= 0.6 is 11.6 Å². The fourth-order valence-corrected chi connectivity index (χ4v) is 2.45. The molecule has 5 nitrogen and oxygen atoms in total. The first kappa shape index (κ1) is 15.1. The third-order valence-corrected chi connectivity index (χ3v) is 3.81. The van der Waals surface area contributed by atoms with E-state index in [0.717, 1.165) is 31.9 Å². The molecule has 110 valence electrons. The second-order valence-corrected chi connectivity index (χ2v) is 5.76. The lowest BCUT2D eigenvalue weighted by molar-refractivity contribution is -0.158. The quantitative estimate of drug-likeness (QED) is 0.877. The highest BCUT2D eigenvalue weighted by Crippen LogP contribution is 2.20. The van der Waals surface area contributed by atoms with Crippen molar-refractivity contribution >= 4 is 23.3 Å². The Morgan fingerprint density at radius 2 is 1.80 bits per heavy atom. The molecule has 2 N–H and O–H groups in total. The van der Waals surface area contributed by atoms with Crippen LogP contribution in [0.3, 0.4) is 0 Å². The normalized spacial score (nSPS) is 19.6. The third-order valence-electron chi connectivity index (χ3n) is 3.56. The molecule has 1 heterocycles. The summed E-state index contributed by atoms with van der Waals surface area (Å²) in [5.41, 5.74) is -0.582. The van der Waals surface area contributed by atoms with Crippen molar-refractivity contribution in [3.63, 3.8) is 0 Å². The molecule has 0 saturated carbocycles. The maximum Gasteiger partial charge on any atom is 0.336 e. The molecule has 1 saturated heterocycles. The molecule has 0 amide bonds. The second-order valence-electron chi connectivity index (χ2n) is 5.32. The molecule has 1 aliphatic rings. The smallest absolute Gasteiger partial charge is 0.336 e. The van der Waals surface area contributed by atoms with Gasteiger partial charge in [0.1, 0.15) is 0 Å². The molecule has 0 radical (unpaired) electrons. The number of piperazine rings is 1. The number of β-amino-alcohol motifs (C(OH)–C–C–N with tert-alkyl or cyclic N) is 1. The van der Waals surface area contributed by atoms with Gasteiger partial charge in [0.15, 0.2) is 5.60 Å². The molecule has 1 aromatic rings. The van der Waals surface area contributed by atoms with Crippen molar-refractivity contribution in [2.24, 2.45) is 0 Å². The van der Waals surface area contributed by atoms with Gasteiger partial charge in [0.05, 0.1) is 0 Å². The molecule has 2 rings (SSSR count). The van der Waals surface area contributed by atoms with Crippen molar-refractivity contribution in [2.45, 2.75) is 12.5 Å². The Morgan fingerprint density at radius 1 is 1.25 bits per heavy atom. The van der Waals surface area contributed by atoms with E-state index >= 15 is 0 Å². The van der Waals surface area contributed by atoms with Gasteiger partial charge in [-0.3, -0.25) is 4.90 Å². The number of rotatable bonds is 4. The summed E-state index contributed by atoms with van der Waals surface area (Å²) < 4.78 is 0. The van der Waals surface area contributed by atoms with Crippen LogP contribution in [0.5, 0.6) is 0 Å². The number of anilines is 1. The van der Waals surface area contributed by atoms with Crippen molar-refractivity contribution in [2.75, 3.05) is 37.6 Å². The van der Waals surface area contributed by atoms with Crippen molar-refractivity contribution in [1.29, 1.82) is 0 Å². The van der Waals surface area contributed by atoms with Gasteiger partial charge >= 0.3 is 5.97 Å². The summed E-state index contributed by atoms with van der Waals surface area (Å²) in [6.07, 6.45) is 0. The molecule has 1 unspecified atom stereocenters. The minimum atomic E-state index is -1.69. The van der Waals surface area contributed by atoms with Crippen LogP contribution in [0.25, 0.3) is 0 Å². The summed E-state index contributed by atoms with van der Waals surface area (Å²) in [6.45, 7) is 4.55. The van der Waals surface area contributed by atoms with Gasteiger partial charge in [-0.1, -0.05) is 11.6 Å². The van der Waals surface area contributed by atoms with Crippen LogP contribution in [0.1, 0.15) is 6.92 Å². The number of benzene rings is 1. The van der Waals surface area contributed by atoms with Crippen molar-refractivity contribution in [3.8, 4) is 0 Å². The Kier molecular flexibility index (Phi) is 4.52. The monoisotopic (exact) mass is 298 g/mol. The van der Waals surface area contributed by atoms with E-state index in [4.69, 9.17) is 16.7 Å². The second kappa shape index (κ2) is 5.99. The van der Waals surface area contributed by atoms with Crippen LogP contribution in [-0.4, -0.2) is 59.4 Å². The molecule has 6 heteroatoms. The Labute approximate surface area is 123 Å². The highest BCUT2D eigenvalue weighted by atomic mass is 35.5. The van der Waals surface area contributed by atoms with Gasteiger partial charge in [0.25, 0.3) is 0 Å². The summed E-state index contributed by atoms with van der Waals surface area (Å²) in [4.78, 5) is 15.1. The van der Waals surface area contributed by atoms with Gasteiger partial charge in [0, 0.05) is 43.4 Å². The first-order chi connectivity index (χ1) is 9.38. The number of halogens is 1. The van der Waals surface area contributed by atoms with E-state index in [0.29, 0.717) is 5.02 Å². The Morgan fingerprint density at radius 3 is 2.30 bits per heavy atom. The number of carboxylic acid groups (broad SMARTS) is 1. The number of aliphatic hydroxyl groups is 1. The van der Waals surface area contributed by atoms with E-state index in [1.54, 1.807) is 0 Å². The van der Waals surface area contributed by atoms with E-state index in [9.17, 15) is 9.90 Å². The van der Waals surface area contributed by atoms with Crippen molar-refractivity contribution < 1.29 is 15.0 Å². The molecule has 1 aromatic carbocycles. The topological polar surface area (TPSA) is 64.0 Å². The maximum atomic E-state index is 10.9. The molecular formula is C14H19ClN2O3. The van der Waals surface area contributed by atoms with E-state index in [1.165, 1.54) is 6.92 Å². The number of hydrogen-bond acceptors (Lipinski definition) is 4. The highest BCUT2D eigenvalue weighted by Gasteiger charge is 2.33. The lowest BCUT2D eigenvalue weighted by Crippen LogP contribution is -2.53. The standard InChI is InChI=1S/C14H19ClN2O3/c1-14(20,13(18)19)10-16-6-8-17(9-7-16)12-4-2-11(15)3-5-12/h2-5,20H,6-10H2,1H3,(H,18,19). The summed E-state index contributed by atoms with van der Waals surface area (Å²) in [7, 11) is 0. The first-order valence-electron chi connectivity index (χ1n) is 6.57. The number of nitrogens with zero attached hydrogens (tertiary/aromatic N) is 2. The molecule has 0 aromatic heterocycles. The van der Waals surface area contributed by atoms with Gasteiger partial charge in [-0.05, 0) is 31.2 Å². The summed E-state index contributed by atoms with van der Waals surface area (Å²) in [5, 5.41) is 19.4. The maximum absolute atomic E-state index is 10.9. The number of carboxylic acids is 1. The average Bonchev–Trinajstić information content (AvgIpc) is 2.40. The van der Waals surface area contributed by atoms with Crippen LogP contribution in [0.2, 0.25) is 5.02 Å². The van der Waals surface area contributed by atoms with Gasteiger partial charge < -0.3 is 15.1 Å². The van der Waals surface area contributed by atoms with Gasteiger partial charge in [0.2, 0.25) is 0 Å². The first-order valence-corrected chi connectivity index (χ1v) is 6.95. The van der Waals surface area contributed by atoms with Crippen LogP contribution in [-0.2, 0) is 4.79 Å². The molecule has 1 fully saturated rings. The molecular weight excluding hydrogens is 280 g/mol. The number of aliphatic carboxylic acids is 1. The van der Waals surface area contributed by atoms with Crippen LogP contribution in [0.15, 0.2) is 24.3 Å². The summed E-state index contributed by atoms with van der Waals surface area (Å²) in [6, 6.07) is 7.67. The molecule has 1 aliphatic heterocycles. The molecule has 0 bridgehead atoms. The van der Waals surface area contributed by atoms with E-state index in [1.807, 2.05) is 29.2 Å².